The quantitative estimate of drug-likeness (QED) is 0.657. The second-order valence-electron chi connectivity index (χ2n) is 5.80. The predicted octanol–water partition coefficient (Wildman–Crippen LogP) is 2.36. The molecule has 1 aromatic carbocycles. The molecule has 3 aromatic rings. The van der Waals surface area contributed by atoms with Gasteiger partial charge >= 0.3 is 0 Å². The van der Waals surface area contributed by atoms with E-state index >= 15 is 0 Å². The number of rotatable bonds is 5. The molecule has 0 amide bonds. The van der Waals surface area contributed by atoms with Crippen molar-refractivity contribution in [2.24, 2.45) is 0 Å². The van der Waals surface area contributed by atoms with E-state index in [1.165, 1.54) is 5.69 Å². The second kappa shape index (κ2) is 6.94. The molecule has 3 heterocycles. The standard InChI is InChI=1S/C17H21N7O/c1-2-18-17-22-15-14(19-11-20-15)16(23-17)21-12-3-5-13(6-4-12)24-7-9-25-10-8-24/h3-6,11H,2,7-10H2,1H3,(H3,18,19,20,21,22,23). The summed E-state index contributed by atoms with van der Waals surface area (Å²) in [5, 5.41) is 6.49. The van der Waals surface area contributed by atoms with Crippen molar-refractivity contribution in [1.29, 1.82) is 0 Å². The monoisotopic (exact) mass is 339 g/mol. The minimum atomic E-state index is 0.564. The van der Waals surface area contributed by atoms with Gasteiger partial charge in [-0.1, -0.05) is 0 Å². The Morgan fingerprint density at radius 2 is 1.96 bits per heavy atom. The van der Waals surface area contributed by atoms with E-state index in [9.17, 15) is 0 Å². The first-order valence-electron chi connectivity index (χ1n) is 8.48. The van der Waals surface area contributed by atoms with Gasteiger partial charge in [0.25, 0.3) is 0 Å². The molecule has 3 N–H and O–H groups in total. The third-order valence-corrected chi connectivity index (χ3v) is 4.13. The molecule has 130 valence electrons. The molecule has 2 aromatic heterocycles. The van der Waals surface area contributed by atoms with Crippen LogP contribution in [0.3, 0.4) is 0 Å². The fraction of sp³-hybridized carbons (Fsp3) is 0.353. The van der Waals surface area contributed by atoms with Crippen molar-refractivity contribution in [3.8, 4) is 0 Å². The lowest BCUT2D eigenvalue weighted by molar-refractivity contribution is 0.122. The van der Waals surface area contributed by atoms with E-state index in [1.807, 2.05) is 6.92 Å². The van der Waals surface area contributed by atoms with E-state index in [1.54, 1.807) is 6.33 Å². The van der Waals surface area contributed by atoms with Gasteiger partial charge in [-0.15, -0.1) is 0 Å². The summed E-state index contributed by atoms with van der Waals surface area (Å²) in [4.78, 5) is 18.6. The topological polar surface area (TPSA) is 91.0 Å². The Labute approximate surface area is 145 Å². The fourth-order valence-electron chi connectivity index (χ4n) is 2.87. The molecule has 8 heteroatoms. The molecule has 0 aliphatic carbocycles. The summed E-state index contributed by atoms with van der Waals surface area (Å²) >= 11 is 0. The van der Waals surface area contributed by atoms with Crippen molar-refractivity contribution < 1.29 is 4.74 Å². The maximum absolute atomic E-state index is 5.40. The molecule has 25 heavy (non-hydrogen) atoms. The second-order valence-corrected chi connectivity index (χ2v) is 5.80. The van der Waals surface area contributed by atoms with Gasteiger partial charge in [-0.3, -0.25) is 0 Å². The van der Waals surface area contributed by atoms with Crippen molar-refractivity contribution in [1.82, 2.24) is 19.9 Å². The van der Waals surface area contributed by atoms with E-state index in [0.29, 0.717) is 17.4 Å². The Bertz CT molecular complexity index is 840. The van der Waals surface area contributed by atoms with Crippen LogP contribution in [0.5, 0.6) is 0 Å². The number of hydrogen-bond donors (Lipinski definition) is 3. The molecular formula is C17H21N7O. The van der Waals surface area contributed by atoms with Crippen LogP contribution in [0.15, 0.2) is 30.6 Å². The third-order valence-electron chi connectivity index (χ3n) is 4.13. The van der Waals surface area contributed by atoms with Gasteiger partial charge in [0.1, 0.15) is 5.52 Å². The van der Waals surface area contributed by atoms with Gasteiger partial charge in [-0.05, 0) is 31.2 Å². The van der Waals surface area contributed by atoms with Crippen LogP contribution in [0, 0.1) is 0 Å². The van der Waals surface area contributed by atoms with Gasteiger partial charge in [0.15, 0.2) is 11.5 Å². The summed E-state index contributed by atoms with van der Waals surface area (Å²) in [6, 6.07) is 8.35. The molecule has 0 radical (unpaired) electrons. The van der Waals surface area contributed by atoms with Gasteiger partial charge in [-0.25, -0.2) is 4.98 Å². The maximum Gasteiger partial charge on any atom is 0.226 e. The van der Waals surface area contributed by atoms with E-state index < -0.39 is 0 Å². The number of fused-ring (bicyclic) bond motifs is 1. The van der Waals surface area contributed by atoms with Gasteiger partial charge < -0.3 is 25.3 Å². The number of aromatic nitrogens is 4. The van der Waals surface area contributed by atoms with Crippen LogP contribution in [0.1, 0.15) is 6.92 Å². The summed E-state index contributed by atoms with van der Waals surface area (Å²) in [5.74, 6) is 1.27. The number of aromatic amines is 1. The summed E-state index contributed by atoms with van der Waals surface area (Å²) < 4.78 is 5.40. The van der Waals surface area contributed by atoms with Crippen LogP contribution in [-0.4, -0.2) is 52.8 Å². The highest BCUT2D eigenvalue weighted by atomic mass is 16.5. The van der Waals surface area contributed by atoms with Crippen LogP contribution < -0.4 is 15.5 Å². The summed E-state index contributed by atoms with van der Waals surface area (Å²) in [6.45, 7) is 6.19. The molecule has 1 aliphatic rings. The van der Waals surface area contributed by atoms with Crippen molar-refractivity contribution in [2.45, 2.75) is 6.92 Å². The number of hydrogen-bond acceptors (Lipinski definition) is 7. The Morgan fingerprint density at radius 1 is 1.16 bits per heavy atom. The summed E-state index contributed by atoms with van der Waals surface area (Å²) in [7, 11) is 0. The lowest BCUT2D eigenvalue weighted by atomic mass is 10.2. The Kier molecular flexibility index (Phi) is 4.34. The molecular weight excluding hydrogens is 318 g/mol. The zero-order chi connectivity index (χ0) is 17.1. The molecule has 8 nitrogen and oxygen atoms in total. The zero-order valence-electron chi connectivity index (χ0n) is 14.1. The highest BCUT2D eigenvalue weighted by molar-refractivity contribution is 5.86. The molecule has 0 atom stereocenters. The van der Waals surface area contributed by atoms with Gasteiger partial charge in [0, 0.05) is 31.0 Å². The maximum atomic E-state index is 5.40. The predicted molar refractivity (Wildman–Crippen MR) is 98.6 cm³/mol. The Balaban J connectivity index is 1.57. The minimum absolute atomic E-state index is 0.564. The number of morpholine rings is 1. The smallest absolute Gasteiger partial charge is 0.226 e. The lowest BCUT2D eigenvalue weighted by Gasteiger charge is -2.28. The van der Waals surface area contributed by atoms with Crippen molar-refractivity contribution in [3.63, 3.8) is 0 Å². The number of H-pyrrole nitrogens is 1. The average molecular weight is 339 g/mol. The number of ether oxygens (including phenoxy) is 1. The first-order chi connectivity index (χ1) is 12.3. The molecule has 4 rings (SSSR count). The number of anilines is 4. The fourth-order valence-corrected chi connectivity index (χ4v) is 2.87. The van der Waals surface area contributed by atoms with E-state index in [-0.39, 0.29) is 0 Å². The molecule has 1 saturated heterocycles. The lowest BCUT2D eigenvalue weighted by Crippen LogP contribution is -2.36. The number of benzene rings is 1. The minimum Gasteiger partial charge on any atom is -0.378 e. The van der Waals surface area contributed by atoms with E-state index in [2.05, 4.69) is 59.7 Å². The van der Waals surface area contributed by atoms with Crippen LogP contribution in [-0.2, 0) is 4.74 Å². The van der Waals surface area contributed by atoms with Gasteiger partial charge in [-0.2, -0.15) is 9.97 Å². The number of nitrogens with one attached hydrogen (secondary N) is 3. The van der Waals surface area contributed by atoms with Crippen LogP contribution in [0.25, 0.3) is 11.2 Å². The van der Waals surface area contributed by atoms with Crippen molar-refractivity contribution in [2.75, 3.05) is 48.4 Å². The molecule has 1 aliphatic heterocycles. The molecule has 0 saturated carbocycles. The number of nitrogens with zero attached hydrogens (tertiary/aromatic N) is 4. The first kappa shape index (κ1) is 15.6. The average Bonchev–Trinajstić information content (AvgIpc) is 3.12. The van der Waals surface area contributed by atoms with E-state index in [4.69, 9.17) is 4.74 Å². The Morgan fingerprint density at radius 3 is 2.72 bits per heavy atom. The van der Waals surface area contributed by atoms with E-state index in [0.717, 1.165) is 44.1 Å². The van der Waals surface area contributed by atoms with Crippen LogP contribution >= 0.6 is 0 Å². The highest BCUT2D eigenvalue weighted by Crippen LogP contribution is 2.25. The van der Waals surface area contributed by atoms with Gasteiger partial charge in [0.05, 0.1) is 19.5 Å². The van der Waals surface area contributed by atoms with Crippen molar-refractivity contribution in [3.05, 3.63) is 30.6 Å². The normalized spacial score (nSPS) is 14.7. The van der Waals surface area contributed by atoms with Gasteiger partial charge in [0.2, 0.25) is 5.95 Å². The summed E-state index contributed by atoms with van der Waals surface area (Å²) in [6.07, 6.45) is 1.63. The Hall–Kier alpha value is -2.87. The SMILES string of the molecule is CCNc1nc(Nc2ccc(N3CCOCC3)cc2)c2[nH]cnc2n1. The van der Waals surface area contributed by atoms with Crippen molar-refractivity contribution >= 4 is 34.3 Å². The zero-order valence-corrected chi connectivity index (χ0v) is 14.1. The van der Waals surface area contributed by atoms with Crippen LogP contribution in [0.4, 0.5) is 23.1 Å². The molecule has 1 fully saturated rings. The molecule has 0 spiro atoms. The largest absolute Gasteiger partial charge is 0.378 e. The van der Waals surface area contributed by atoms with Crippen LogP contribution in [0.2, 0.25) is 0 Å². The third kappa shape index (κ3) is 3.34. The highest BCUT2D eigenvalue weighted by Gasteiger charge is 2.12. The number of imidazole rings is 1. The summed E-state index contributed by atoms with van der Waals surface area (Å²) in [5.41, 5.74) is 3.60. The first-order valence-corrected chi connectivity index (χ1v) is 8.48. The molecule has 0 unspecified atom stereocenters. The molecule has 0 bridgehead atoms.